The molecule has 2 rings (SSSR count). The van der Waals surface area contributed by atoms with Crippen molar-refractivity contribution >= 4 is 15.9 Å². The van der Waals surface area contributed by atoms with E-state index in [1.54, 1.807) is 0 Å². The van der Waals surface area contributed by atoms with Crippen LogP contribution in [0.5, 0.6) is 5.75 Å². The molecular formula is C16H24BrNO. The highest BCUT2D eigenvalue weighted by Gasteiger charge is 2.19. The van der Waals surface area contributed by atoms with Crippen LogP contribution in [0.3, 0.4) is 0 Å². The van der Waals surface area contributed by atoms with Crippen LogP contribution in [-0.2, 0) is 6.54 Å². The summed E-state index contributed by atoms with van der Waals surface area (Å²) in [6, 6.07) is 6.30. The average molecular weight is 326 g/mol. The summed E-state index contributed by atoms with van der Waals surface area (Å²) in [7, 11) is 0. The molecule has 0 spiro atoms. The largest absolute Gasteiger partial charge is 0.489 e. The van der Waals surface area contributed by atoms with Crippen LogP contribution in [0.1, 0.15) is 45.1 Å². The van der Waals surface area contributed by atoms with Gasteiger partial charge in [-0.15, -0.1) is 0 Å². The van der Waals surface area contributed by atoms with Crippen LogP contribution < -0.4 is 10.1 Å². The van der Waals surface area contributed by atoms with Gasteiger partial charge in [-0.25, -0.2) is 0 Å². The van der Waals surface area contributed by atoms with Gasteiger partial charge in [-0.1, -0.05) is 26.0 Å². The Hall–Kier alpha value is -0.540. The normalized spacial score (nSPS) is 16.2. The Kier molecular flexibility index (Phi) is 5.71. The van der Waals surface area contributed by atoms with Crippen molar-refractivity contribution in [2.24, 2.45) is 5.92 Å². The first-order valence-corrected chi connectivity index (χ1v) is 8.11. The number of ether oxygens (including phenoxy) is 1. The summed E-state index contributed by atoms with van der Waals surface area (Å²) >= 11 is 3.62. The van der Waals surface area contributed by atoms with Crippen molar-refractivity contribution in [3.63, 3.8) is 0 Å². The molecule has 2 nitrogen and oxygen atoms in total. The number of rotatable bonds is 6. The van der Waals surface area contributed by atoms with E-state index in [1.165, 1.54) is 31.2 Å². The van der Waals surface area contributed by atoms with Gasteiger partial charge in [0.1, 0.15) is 5.75 Å². The molecule has 0 unspecified atom stereocenters. The lowest BCUT2D eigenvalue weighted by Gasteiger charge is -2.18. The quantitative estimate of drug-likeness (QED) is 0.830. The lowest BCUT2D eigenvalue weighted by Crippen LogP contribution is -2.20. The lowest BCUT2D eigenvalue weighted by atomic mass is 10.1. The Balaban J connectivity index is 2.02. The topological polar surface area (TPSA) is 21.3 Å². The molecule has 1 aromatic rings. The number of benzene rings is 1. The van der Waals surface area contributed by atoms with Gasteiger partial charge in [0, 0.05) is 12.1 Å². The Morgan fingerprint density at radius 2 is 2.05 bits per heavy atom. The average Bonchev–Trinajstić information content (AvgIpc) is 2.85. The summed E-state index contributed by atoms with van der Waals surface area (Å²) < 4.78 is 7.28. The second kappa shape index (κ2) is 7.30. The van der Waals surface area contributed by atoms with Crippen LogP contribution in [0.15, 0.2) is 22.7 Å². The van der Waals surface area contributed by atoms with Gasteiger partial charge in [-0.2, -0.15) is 0 Å². The number of para-hydroxylation sites is 1. The second-order valence-electron chi connectivity index (χ2n) is 5.78. The molecule has 0 amide bonds. The summed E-state index contributed by atoms with van der Waals surface area (Å²) in [5, 5.41) is 3.49. The first kappa shape index (κ1) is 14.9. The van der Waals surface area contributed by atoms with Crippen LogP contribution in [-0.4, -0.2) is 12.6 Å². The zero-order chi connectivity index (χ0) is 13.7. The Morgan fingerprint density at radius 1 is 1.32 bits per heavy atom. The van der Waals surface area contributed by atoms with Crippen molar-refractivity contribution in [1.29, 1.82) is 0 Å². The van der Waals surface area contributed by atoms with Gasteiger partial charge in [0.25, 0.3) is 0 Å². The van der Waals surface area contributed by atoms with E-state index in [-0.39, 0.29) is 0 Å². The smallest absolute Gasteiger partial charge is 0.138 e. The predicted octanol–water partition coefficient (Wildman–Crippen LogP) is 4.52. The summed E-state index contributed by atoms with van der Waals surface area (Å²) in [4.78, 5) is 0. The summed E-state index contributed by atoms with van der Waals surface area (Å²) in [5.74, 6) is 1.71. The van der Waals surface area contributed by atoms with Crippen molar-refractivity contribution in [1.82, 2.24) is 5.32 Å². The maximum Gasteiger partial charge on any atom is 0.138 e. The summed E-state index contributed by atoms with van der Waals surface area (Å²) in [5.41, 5.74) is 1.25. The molecule has 0 heterocycles. The monoisotopic (exact) mass is 325 g/mol. The van der Waals surface area contributed by atoms with Gasteiger partial charge in [-0.05, 0) is 60.1 Å². The van der Waals surface area contributed by atoms with Crippen LogP contribution in [0.4, 0.5) is 0 Å². The van der Waals surface area contributed by atoms with Gasteiger partial charge < -0.3 is 10.1 Å². The minimum Gasteiger partial charge on any atom is -0.489 e. The molecule has 1 aliphatic rings. The third-order valence-electron chi connectivity index (χ3n) is 3.50. The molecule has 1 aliphatic carbocycles. The van der Waals surface area contributed by atoms with Crippen LogP contribution >= 0.6 is 15.9 Å². The fraction of sp³-hybridized carbons (Fsp3) is 0.625. The van der Waals surface area contributed by atoms with Crippen molar-refractivity contribution in [3.05, 3.63) is 28.2 Å². The first-order valence-electron chi connectivity index (χ1n) is 7.31. The lowest BCUT2D eigenvalue weighted by molar-refractivity contribution is 0.206. The standard InChI is InChI=1S/C16H24BrNO/c1-12(2)10-18-11-13-6-5-9-15(17)16(13)19-14-7-3-4-8-14/h5-6,9,12,14,18H,3-4,7-8,10-11H2,1-2H3. The van der Waals surface area contributed by atoms with E-state index >= 15 is 0 Å². The minimum atomic E-state index is 0.405. The minimum absolute atomic E-state index is 0.405. The first-order chi connectivity index (χ1) is 9.16. The molecule has 0 radical (unpaired) electrons. The molecule has 3 heteroatoms. The third kappa shape index (κ3) is 4.50. The Morgan fingerprint density at radius 3 is 2.74 bits per heavy atom. The van der Waals surface area contributed by atoms with Crippen molar-refractivity contribution in [3.8, 4) is 5.75 Å². The van der Waals surface area contributed by atoms with E-state index in [2.05, 4.69) is 53.3 Å². The van der Waals surface area contributed by atoms with E-state index in [0.29, 0.717) is 12.0 Å². The molecular weight excluding hydrogens is 302 g/mol. The summed E-state index contributed by atoms with van der Waals surface area (Å²) in [6.45, 7) is 6.36. The van der Waals surface area contributed by atoms with Crippen LogP contribution in [0, 0.1) is 5.92 Å². The van der Waals surface area contributed by atoms with E-state index in [0.717, 1.165) is 23.3 Å². The number of halogens is 1. The maximum atomic E-state index is 6.21. The molecule has 0 saturated heterocycles. The summed E-state index contributed by atoms with van der Waals surface area (Å²) in [6.07, 6.45) is 5.40. The highest BCUT2D eigenvalue weighted by molar-refractivity contribution is 9.10. The van der Waals surface area contributed by atoms with Gasteiger partial charge in [0.15, 0.2) is 0 Å². The number of nitrogens with one attached hydrogen (secondary N) is 1. The highest BCUT2D eigenvalue weighted by atomic mass is 79.9. The fourth-order valence-electron chi connectivity index (χ4n) is 2.49. The van der Waals surface area contributed by atoms with Crippen molar-refractivity contribution < 1.29 is 4.74 Å². The van der Waals surface area contributed by atoms with Crippen molar-refractivity contribution in [2.75, 3.05) is 6.54 Å². The van der Waals surface area contributed by atoms with Crippen molar-refractivity contribution in [2.45, 2.75) is 52.2 Å². The second-order valence-corrected chi connectivity index (χ2v) is 6.63. The zero-order valence-corrected chi connectivity index (χ0v) is 13.5. The molecule has 1 aromatic carbocycles. The predicted molar refractivity (Wildman–Crippen MR) is 83.6 cm³/mol. The van der Waals surface area contributed by atoms with Gasteiger partial charge in [-0.3, -0.25) is 0 Å². The molecule has 19 heavy (non-hydrogen) atoms. The number of hydrogen-bond donors (Lipinski definition) is 1. The van der Waals surface area contributed by atoms with Crippen LogP contribution in [0.2, 0.25) is 0 Å². The van der Waals surface area contributed by atoms with Gasteiger partial charge in [0.2, 0.25) is 0 Å². The Labute approximate surface area is 125 Å². The maximum absolute atomic E-state index is 6.21. The van der Waals surface area contributed by atoms with Gasteiger partial charge in [0.05, 0.1) is 10.6 Å². The molecule has 0 bridgehead atoms. The highest BCUT2D eigenvalue weighted by Crippen LogP contribution is 2.33. The zero-order valence-electron chi connectivity index (χ0n) is 11.9. The number of hydrogen-bond acceptors (Lipinski definition) is 2. The van der Waals surface area contributed by atoms with Crippen LogP contribution in [0.25, 0.3) is 0 Å². The Bertz CT molecular complexity index is 400. The SMILES string of the molecule is CC(C)CNCc1cccc(Br)c1OC1CCCC1. The molecule has 106 valence electrons. The molecule has 1 N–H and O–H groups in total. The molecule has 0 atom stereocenters. The van der Waals surface area contributed by atoms with E-state index in [1.807, 2.05) is 0 Å². The van der Waals surface area contributed by atoms with E-state index in [4.69, 9.17) is 4.74 Å². The third-order valence-corrected chi connectivity index (χ3v) is 4.13. The van der Waals surface area contributed by atoms with Gasteiger partial charge >= 0.3 is 0 Å². The fourth-order valence-corrected chi connectivity index (χ4v) is 2.99. The molecule has 1 saturated carbocycles. The van der Waals surface area contributed by atoms with E-state index < -0.39 is 0 Å². The molecule has 0 aliphatic heterocycles. The van der Waals surface area contributed by atoms with E-state index in [9.17, 15) is 0 Å². The molecule has 0 aromatic heterocycles. The molecule has 1 fully saturated rings.